The lowest BCUT2D eigenvalue weighted by molar-refractivity contribution is 0.382. The second-order valence-corrected chi connectivity index (χ2v) is 7.42. The van der Waals surface area contributed by atoms with Crippen molar-refractivity contribution in [3.8, 4) is 0 Å². The Morgan fingerprint density at radius 2 is 2.00 bits per heavy atom. The van der Waals surface area contributed by atoms with E-state index >= 15 is 0 Å². The van der Waals surface area contributed by atoms with Crippen LogP contribution in [0.25, 0.3) is 0 Å². The minimum absolute atomic E-state index is 0.124. The summed E-state index contributed by atoms with van der Waals surface area (Å²) < 4.78 is 7.13. The first-order valence-electron chi connectivity index (χ1n) is 6.02. The van der Waals surface area contributed by atoms with Crippen LogP contribution in [0.1, 0.15) is 32.3 Å². The predicted octanol–water partition coefficient (Wildman–Crippen LogP) is 4.52. The van der Waals surface area contributed by atoms with Gasteiger partial charge in [-0.3, -0.25) is 0 Å². The van der Waals surface area contributed by atoms with Gasteiger partial charge in [-0.2, -0.15) is 0 Å². The van der Waals surface area contributed by atoms with Crippen LogP contribution in [0.15, 0.2) is 38.3 Å². The van der Waals surface area contributed by atoms with Crippen LogP contribution < -0.4 is 5.32 Å². The summed E-state index contributed by atoms with van der Waals surface area (Å²) in [4.78, 5) is 0. The maximum absolute atomic E-state index is 5.80. The first kappa shape index (κ1) is 13.7. The standard InChI is InChI=1S/C14H19NOS2/c1-14(2,3)15-9-11-6-7-12(16-11)10-18-13-5-4-8-17-13/h4-8,15H,9-10H2,1-3H3. The number of hydrogen-bond donors (Lipinski definition) is 1. The van der Waals surface area contributed by atoms with Crippen LogP contribution in [0.5, 0.6) is 0 Å². The summed E-state index contributed by atoms with van der Waals surface area (Å²) in [6, 6.07) is 8.34. The fourth-order valence-corrected chi connectivity index (χ4v) is 3.11. The molecule has 0 atom stereocenters. The number of thiophene rings is 1. The lowest BCUT2D eigenvalue weighted by atomic mass is 10.1. The van der Waals surface area contributed by atoms with Gasteiger partial charge in [-0.25, -0.2) is 0 Å². The molecule has 0 saturated carbocycles. The SMILES string of the molecule is CC(C)(C)NCc1ccc(CSc2cccs2)o1. The summed E-state index contributed by atoms with van der Waals surface area (Å²) >= 11 is 3.59. The first-order chi connectivity index (χ1) is 8.53. The fourth-order valence-electron chi connectivity index (χ4n) is 1.44. The van der Waals surface area contributed by atoms with E-state index in [1.165, 1.54) is 4.21 Å². The third-order valence-electron chi connectivity index (χ3n) is 2.36. The Morgan fingerprint density at radius 3 is 2.67 bits per heavy atom. The molecule has 2 heterocycles. The predicted molar refractivity (Wildman–Crippen MR) is 79.2 cm³/mol. The van der Waals surface area contributed by atoms with Crippen molar-refractivity contribution in [2.75, 3.05) is 0 Å². The van der Waals surface area contributed by atoms with E-state index in [-0.39, 0.29) is 5.54 Å². The summed E-state index contributed by atoms with van der Waals surface area (Å²) in [5, 5.41) is 5.52. The molecule has 0 aromatic carbocycles. The van der Waals surface area contributed by atoms with Crippen molar-refractivity contribution in [2.45, 2.75) is 42.8 Å². The molecule has 1 N–H and O–H groups in total. The highest BCUT2D eigenvalue weighted by Crippen LogP contribution is 2.27. The van der Waals surface area contributed by atoms with Gasteiger partial charge < -0.3 is 9.73 Å². The molecule has 0 radical (unpaired) electrons. The van der Waals surface area contributed by atoms with Gasteiger partial charge in [0.25, 0.3) is 0 Å². The van der Waals surface area contributed by atoms with Gasteiger partial charge >= 0.3 is 0 Å². The van der Waals surface area contributed by atoms with E-state index in [0.29, 0.717) is 0 Å². The largest absolute Gasteiger partial charge is 0.464 e. The van der Waals surface area contributed by atoms with Crippen molar-refractivity contribution in [2.24, 2.45) is 0 Å². The molecule has 0 aliphatic rings. The van der Waals surface area contributed by atoms with Gasteiger partial charge in [0.1, 0.15) is 11.5 Å². The molecule has 2 aromatic heterocycles. The average molecular weight is 281 g/mol. The summed E-state index contributed by atoms with van der Waals surface area (Å²) in [5.74, 6) is 2.95. The van der Waals surface area contributed by atoms with E-state index in [9.17, 15) is 0 Å². The van der Waals surface area contributed by atoms with Crippen molar-refractivity contribution in [3.63, 3.8) is 0 Å². The molecule has 4 heteroatoms. The minimum Gasteiger partial charge on any atom is -0.464 e. The molecule has 0 aliphatic carbocycles. The zero-order valence-electron chi connectivity index (χ0n) is 11.0. The van der Waals surface area contributed by atoms with Gasteiger partial charge in [0.05, 0.1) is 16.5 Å². The van der Waals surface area contributed by atoms with Gasteiger partial charge in [-0.05, 0) is 44.4 Å². The highest BCUT2D eigenvalue weighted by Gasteiger charge is 2.10. The van der Waals surface area contributed by atoms with Crippen molar-refractivity contribution < 1.29 is 4.42 Å². The van der Waals surface area contributed by atoms with Gasteiger partial charge in [0.15, 0.2) is 0 Å². The molecule has 0 unspecified atom stereocenters. The molecule has 0 saturated heterocycles. The highest BCUT2D eigenvalue weighted by molar-refractivity contribution is 8.00. The Labute approximate surface area is 117 Å². The van der Waals surface area contributed by atoms with Gasteiger partial charge in [0, 0.05) is 5.54 Å². The number of nitrogens with one attached hydrogen (secondary N) is 1. The maximum Gasteiger partial charge on any atom is 0.118 e. The lowest BCUT2D eigenvalue weighted by Crippen LogP contribution is -2.34. The van der Waals surface area contributed by atoms with Crippen LogP contribution in [0.3, 0.4) is 0 Å². The van der Waals surface area contributed by atoms with Crippen molar-refractivity contribution >= 4 is 23.1 Å². The highest BCUT2D eigenvalue weighted by atomic mass is 32.2. The Hall–Kier alpha value is -0.710. The molecule has 2 rings (SSSR count). The van der Waals surface area contributed by atoms with Crippen LogP contribution in [0.2, 0.25) is 0 Å². The Balaban J connectivity index is 1.82. The van der Waals surface area contributed by atoms with Crippen LogP contribution >= 0.6 is 23.1 Å². The molecule has 0 spiro atoms. The zero-order valence-corrected chi connectivity index (χ0v) is 12.7. The molecule has 18 heavy (non-hydrogen) atoms. The van der Waals surface area contributed by atoms with E-state index in [2.05, 4.69) is 55.7 Å². The van der Waals surface area contributed by atoms with Crippen LogP contribution in [-0.2, 0) is 12.3 Å². The molecule has 0 bridgehead atoms. The van der Waals surface area contributed by atoms with E-state index < -0.39 is 0 Å². The van der Waals surface area contributed by atoms with Gasteiger partial charge in [-0.1, -0.05) is 6.07 Å². The second-order valence-electron chi connectivity index (χ2n) is 5.19. The molecule has 2 aromatic rings. The molecule has 98 valence electrons. The van der Waals surface area contributed by atoms with E-state index in [1.54, 1.807) is 11.3 Å². The molecule has 0 amide bonds. The Bertz CT molecular complexity index is 468. The Kier molecular flexibility index (Phi) is 4.54. The zero-order chi connectivity index (χ0) is 13.0. The van der Waals surface area contributed by atoms with Crippen molar-refractivity contribution in [3.05, 3.63) is 41.2 Å². The van der Waals surface area contributed by atoms with Gasteiger partial charge in [0.2, 0.25) is 0 Å². The summed E-state index contributed by atoms with van der Waals surface area (Å²) in [5.41, 5.74) is 0.124. The average Bonchev–Trinajstić information content (AvgIpc) is 2.94. The quantitative estimate of drug-likeness (QED) is 0.816. The number of thioether (sulfide) groups is 1. The van der Waals surface area contributed by atoms with E-state index in [1.807, 2.05) is 11.8 Å². The van der Waals surface area contributed by atoms with Crippen molar-refractivity contribution in [1.82, 2.24) is 5.32 Å². The molecule has 2 nitrogen and oxygen atoms in total. The van der Waals surface area contributed by atoms with Crippen LogP contribution in [-0.4, -0.2) is 5.54 Å². The van der Waals surface area contributed by atoms with E-state index in [0.717, 1.165) is 23.8 Å². The van der Waals surface area contributed by atoms with Crippen LogP contribution in [0, 0.1) is 0 Å². The third kappa shape index (κ3) is 4.52. The maximum atomic E-state index is 5.80. The second kappa shape index (κ2) is 5.95. The fraction of sp³-hybridized carbons (Fsp3) is 0.429. The molecule has 0 fully saturated rings. The first-order valence-corrected chi connectivity index (χ1v) is 7.88. The van der Waals surface area contributed by atoms with Gasteiger partial charge in [-0.15, -0.1) is 23.1 Å². The summed E-state index contributed by atoms with van der Waals surface area (Å²) in [6.45, 7) is 7.25. The number of hydrogen-bond acceptors (Lipinski definition) is 4. The van der Waals surface area contributed by atoms with Crippen molar-refractivity contribution in [1.29, 1.82) is 0 Å². The third-order valence-corrected chi connectivity index (χ3v) is 4.52. The molecular formula is C14H19NOS2. The summed E-state index contributed by atoms with van der Waals surface area (Å²) in [7, 11) is 0. The summed E-state index contributed by atoms with van der Waals surface area (Å²) in [6.07, 6.45) is 0. The number of furan rings is 1. The number of rotatable bonds is 5. The monoisotopic (exact) mass is 281 g/mol. The normalized spacial score (nSPS) is 11.9. The molecular weight excluding hydrogens is 262 g/mol. The van der Waals surface area contributed by atoms with E-state index in [4.69, 9.17) is 4.42 Å². The topological polar surface area (TPSA) is 25.2 Å². The Morgan fingerprint density at radius 1 is 1.22 bits per heavy atom. The minimum atomic E-state index is 0.124. The lowest BCUT2D eigenvalue weighted by Gasteiger charge is -2.19. The molecule has 0 aliphatic heterocycles. The smallest absolute Gasteiger partial charge is 0.118 e. The van der Waals surface area contributed by atoms with Crippen LogP contribution in [0.4, 0.5) is 0 Å².